The van der Waals surface area contributed by atoms with Crippen LogP contribution in [0, 0.1) is 5.82 Å². The third-order valence-corrected chi connectivity index (χ3v) is 8.01. The van der Waals surface area contributed by atoms with Gasteiger partial charge < -0.3 is 18.8 Å². The molecule has 0 fully saturated rings. The third kappa shape index (κ3) is 6.90. The van der Waals surface area contributed by atoms with Crippen LogP contribution in [0.4, 0.5) is 4.39 Å². The highest BCUT2D eigenvalue weighted by atomic mass is 32.2. The largest absolute Gasteiger partial charge is 0.473 e. The maximum atomic E-state index is 15.4. The molecule has 0 N–H and O–H groups in total. The zero-order chi connectivity index (χ0) is 30.6. The minimum atomic E-state index is -3.33. The molecule has 222 valence electrons. The van der Waals surface area contributed by atoms with E-state index in [1.165, 1.54) is 19.2 Å². The molecule has 5 aromatic rings. The number of fused-ring (bicyclic) bond motifs is 1. The normalized spacial score (nSPS) is 11.5. The molecule has 0 radical (unpaired) electrons. The second-order valence-corrected chi connectivity index (χ2v) is 11.9. The number of carbonyl (C=O) groups excluding carboxylic acids is 1. The van der Waals surface area contributed by atoms with Crippen LogP contribution in [0.3, 0.4) is 0 Å². The first kappa shape index (κ1) is 29.9. The molecule has 11 heteroatoms. The number of imidazole rings is 1. The van der Waals surface area contributed by atoms with E-state index in [9.17, 15) is 13.2 Å². The number of benzene rings is 3. The van der Waals surface area contributed by atoms with Gasteiger partial charge in [0.25, 0.3) is 0 Å². The van der Waals surface area contributed by atoms with Crippen molar-refractivity contribution in [1.29, 1.82) is 0 Å². The van der Waals surface area contributed by atoms with Gasteiger partial charge in [-0.15, -0.1) is 0 Å². The van der Waals surface area contributed by atoms with E-state index in [-0.39, 0.29) is 17.9 Å². The number of rotatable bonds is 11. The summed E-state index contributed by atoms with van der Waals surface area (Å²) >= 11 is 0. The fraction of sp³-hybridized carbons (Fsp3) is 0.219. The van der Waals surface area contributed by atoms with Crippen LogP contribution in [0.1, 0.15) is 27.3 Å². The number of halogens is 1. The van der Waals surface area contributed by atoms with Crippen molar-refractivity contribution >= 4 is 26.8 Å². The standard InChI is InChI=1S/C32H30FN3O6S/c1-40-15-14-36-29-18-24(32(37)41-2)12-13-28(29)34-30(36)19-22-10-11-23(17-26(22)33)27-8-5-9-31(35-27)42-20-21-6-4-7-25(16-21)43(3,38)39/h4-13,16-18H,14-15,19-20H2,1-3H3. The lowest BCUT2D eigenvalue weighted by molar-refractivity contribution is 0.0601. The van der Waals surface area contributed by atoms with Gasteiger partial charge in [0.15, 0.2) is 9.84 Å². The molecule has 0 amide bonds. The van der Waals surface area contributed by atoms with Crippen molar-refractivity contribution in [2.24, 2.45) is 0 Å². The molecule has 0 bridgehead atoms. The van der Waals surface area contributed by atoms with Crippen LogP contribution in [0.2, 0.25) is 0 Å². The van der Waals surface area contributed by atoms with E-state index >= 15 is 4.39 Å². The molecule has 0 aliphatic heterocycles. The van der Waals surface area contributed by atoms with Gasteiger partial charge in [-0.1, -0.05) is 30.3 Å². The highest BCUT2D eigenvalue weighted by Crippen LogP contribution is 2.26. The van der Waals surface area contributed by atoms with Crippen molar-refractivity contribution < 1.29 is 31.8 Å². The van der Waals surface area contributed by atoms with Gasteiger partial charge in [-0.05, 0) is 53.6 Å². The number of nitrogens with zero attached hydrogens (tertiary/aromatic N) is 3. The highest BCUT2D eigenvalue weighted by molar-refractivity contribution is 7.90. The second-order valence-electron chi connectivity index (χ2n) is 9.92. The van der Waals surface area contributed by atoms with Crippen molar-refractivity contribution in [3.05, 3.63) is 107 Å². The average molecular weight is 604 g/mol. The fourth-order valence-corrected chi connectivity index (χ4v) is 5.38. The molecule has 2 heterocycles. The summed E-state index contributed by atoms with van der Waals surface area (Å²) in [5.41, 5.74) is 4.04. The number of aromatic nitrogens is 3. The Morgan fingerprint density at radius 2 is 1.77 bits per heavy atom. The van der Waals surface area contributed by atoms with Crippen LogP contribution in [-0.4, -0.2) is 56.0 Å². The molecule has 0 saturated carbocycles. The lowest BCUT2D eigenvalue weighted by Gasteiger charge is -2.11. The van der Waals surface area contributed by atoms with Crippen LogP contribution in [0.25, 0.3) is 22.3 Å². The number of methoxy groups -OCH3 is 2. The molecule has 5 rings (SSSR count). The molecule has 43 heavy (non-hydrogen) atoms. The van der Waals surface area contributed by atoms with E-state index in [1.807, 2.05) is 4.57 Å². The number of ether oxygens (including phenoxy) is 3. The fourth-order valence-electron chi connectivity index (χ4n) is 4.68. The topological polar surface area (TPSA) is 110 Å². The first-order valence-electron chi connectivity index (χ1n) is 13.4. The first-order chi connectivity index (χ1) is 20.7. The Bertz CT molecular complexity index is 1910. The third-order valence-electron chi connectivity index (χ3n) is 6.90. The van der Waals surface area contributed by atoms with Crippen LogP contribution >= 0.6 is 0 Å². The van der Waals surface area contributed by atoms with Crippen molar-refractivity contribution in [1.82, 2.24) is 14.5 Å². The number of esters is 1. The Balaban J connectivity index is 1.36. The molecule has 3 aromatic carbocycles. The van der Waals surface area contributed by atoms with E-state index in [0.29, 0.717) is 58.3 Å². The van der Waals surface area contributed by atoms with E-state index in [1.54, 1.807) is 73.8 Å². The maximum absolute atomic E-state index is 15.4. The SMILES string of the molecule is COCCn1c(Cc2ccc(-c3cccc(OCc4cccc(S(C)(=O)=O)c4)n3)cc2F)nc2ccc(C(=O)OC)cc21. The number of pyridine rings is 1. The Kier molecular flexibility index (Phi) is 8.84. The van der Waals surface area contributed by atoms with Crippen LogP contribution in [0.15, 0.2) is 83.8 Å². The van der Waals surface area contributed by atoms with Crippen LogP contribution in [-0.2, 0) is 38.9 Å². The predicted molar refractivity (Wildman–Crippen MR) is 159 cm³/mol. The summed E-state index contributed by atoms with van der Waals surface area (Å²) in [6, 6.07) is 21.8. The van der Waals surface area contributed by atoms with Gasteiger partial charge in [-0.3, -0.25) is 0 Å². The molecule has 0 saturated heterocycles. The summed E-state index contributed by atoms with van der Waals surface area (Å²) in [6.07, 6.45) is 1.38. The molecule has 9 nitrogen and oxygen atoms in total. The number of hydrogen-bond acceptors (Lipinski definition) is 8. The first-order valence-corrected chi connectivity index (χ1v) is 15.3. The van der Waals surface area contributed by atoms with Gasteiger partial charge in [0, 0.05) is 38.0 Å². The molecule has 0 atom stereocenters. The summed E-state index contributed by atoms with van der Waals surface area (Å²) in [5, 5.41) is 0. The number of hydrogen-bond donors (Lipinski definition) is 0. The Morgan fingerprint density at radius 3 is 2.51 bits per heavy atom. The van der Waals surface area contributed by atoms with Gasteiger partial charge in [0.2, 0.25) is 5.88 Å². The van der Waals surface area contributed by atoms with Crippen LogP contribution in [0.5, 0.6) is 5.88 Å². The van der Waals surface area contributed by atoms with Gasteiger partial charge in [0.05, 0.1) is 40.9 Å². The molecule has 0 spiro atoms. The highest BCUT2D eigenvalue weighted by Gasteiger charge is 2.17. The van der Waals surface area contributed by atoms with E-state index in [0.717, 1.165) is 11.8 Å². The molecular weight excluding hydrogens is 573 g/mol. The molecular formula is C32H30FN3O6S. The second kappa shape index (κ2) is 12.7. The van der Waals surface area contributed by atoms with Crippen molar-refractivity contribution in [2.45, 2.75) is 24.5 Å². The summed E-state index contributed by atoms with van der Waals surface area (Å²) in [5.74, 6) is 0.0942. The van der Waals surface area contributed by atoms with E-state index < -0.39 is 21.6 Å². The van der Waals surface area contributed by atoms with Gasteiger partial charge in [-0.25, -0.2) is 27.6 Å². The van der Waals surface area contributed by atoms with E-state index in [4.69, 9.17) is 19.2 Å². The summed E-state index contributed by atoms with van der Waals surface area (Å²) < 4.78 is 57.0. The van der Waals surface area contributed by atoms with Gasteiger partial charge >= 0.3 is 5.97 Å². The Morgan fingerprint density at radius 1 is 0.953 bits per heavy atom. The lowest BCUT2D eigenvalue weighted by atomic mass is 10.1. The average Bonchev–Trinajstić information content (AvgIpc) is 3.35. The zero-order valence-corrected chi connectivity index (χ0v) is 24.7. The lowest BCUT2D eigenvalue weighted by Crippen LogP contribution is -2.10. The van der Waals surface area contributed by atoms with E-state index in [2.05, 4.69) is 4.98 Å². The molecule has 2 aromatic heterocycles. The zero-order valence-electron chi connectivity index (χ0n) is 23.9. The van der Waals surface area contributed by atoms with Crippen molar-refractivity contribution in [3.8, 4) is 17.1 Å². The van der Waals surface area contributed by atoms with Gasteiger partial charge in [0.1, 0.15) is 18.2 Å². The van der Waals surface area contributed by atoms with Gasteiger partial charge in [-0.2, -0.15) is 0 Å². The number of carbonyl (C=O) groups is 1. The maximum Gasteiger partial charge on any atom is 0.337 e. The minimum Gasteiger partial charge on any atom is -0.473 e. The van der Waals surface area contributed by atoms with Crippen molar-refractivity contribution in [2.75, 3.05) is 27.1 Å². The molecule has 0 unspecified atom stereocenters. The summed E-state index contributed by atoms with van der Waals surface area (Å²) in [7, 11) is -0.407. The predicted octanol–water partition coefficient (Wildman–Crippen LogP) is 5.24. The van der Waals surface area contributed by atoms with Crippen LogP contribution < -0.4 is 4.74 Å². The summed E-state index contributed by atoms with van der Waals surface area (Å²) in [6.45, 7) is 1.01. The molecule has 0 aliphatic carbocycles. The quantitative estimate of drug-likeness (QED) is 0.189. The minimum absolute atomic E-state index is 0.123. The Labute approximate surface area is 248 Å². The molecule has 0 aliphatic rings. The monoisotopic (exact) mass is 603 g/mol. The van der Waals surface area contributed by atoms with Crippen molar-refractivity contribution in [3.63, 3.8) is 0 Å². The Hall–Kier alpha value is -4.61. The number of sulfone groups is 1. The smallest absolute Gasteiger partial charge is 0.337 e. The summed E-state index contributed by atoms with van der Waals surface area (Å²) in [4.78, 5) is 21.5.